The standard InChI is InChI=1S/C12H18FN3O2/c1-14(2)6-7-15(3)9-10-4-5-12(16(17)18)11(13)8-10/h4-5,8H,6-7,9H2,1-3H3. The van der Waals surface area contributed by atoms with E-state index in [2.05, 4.69) is 4.90 Å². The molecule has 1 aromatic carbocycles. The van der Waals surface area contributed by atoms with Crippen molar-refractivity contribution in [2.75, 3.05) is 34.2 Å². The van der Waals surface area contributed by atoms with Gasteiger partial charge in [-0.1, -0.05) is 6.07 Å². The minimum atomic E-state index is -0.779. The summed E-state index contributed by atoms with van der Waals surface area (Å²) in [6.45, 7) is 2.33. The molecule has 0 radical (unpaired) electrons. The summed E-state index contributed by atoms with van der Waals surface area (Å²) in [6, 6.07) is 4.03. The lowest BCUT2D eigenvalue weighted by molar-refractivity contribution is -0.387. The maximum atomic E-state index is 13.4. The predicted octanol–water partition coefficient (Wildman–Crippen LogP) is 1.73. The number of hydrogen-bond donors (Lipinski definition) is 0. The molecule has 18 heavy (non-hydrogen) atoms. The van der Waals surface area contributed by atoms with E-state index in [0.29, 0.717) is 6.54 Å². The summed E-state index contributed by atoms with van der Waals surface area (Å²) in [5, 5.41) is 10.5. The smallest absolute Gasteiger partial charge is 0.304 e. The highest BCUT2D eigenvalue weighted by atomic mass is 19.1. The average molecular weight is 255 g/mol. The number of nitro benzene ring substituents is 1. The van der Waals surface area contributed by atoms with E-state index in [0.717, 1.165) is 18.7 Å². The fourth-order valence-corrected chi connectivity index (χ4v) is 1.56. The van der Waals surface area contributed by atoms with Crippen LogP contribution in [-0.4, -0.2) is 49.0 Å². The monoisotopic (exact) mass is 255 g/mol. The van der Waals surface area contributed by atoms with Gasteiger partial charge in [0.25, 0.3) is 0 Å². The van der Waals surface area contributed by atoms with Crippen LogP contribution >= 0.6 is 0 Å². The molecule has 0 spiro atoms. The normalized spacial score (nSPS) is 11.2. The Balaban J connectivity index is 2.63. The third-order valence-corrected chi connectivity index (χ3v) is 2.59. The largest absolute Gasteiger partial charge is 0.308 e. The minimum absolute atomic E-state index is 0.477. The molecule has 6 heteroatoms. The molecule has 0 atom stereocenters. The Hall–Kier alpha value is -1.53. The molecule has 0 aliphatic heterocycles. The van der Waals surface area contributed by atoms with Crippen LogP contribution in [0.2, 0.25) is 0 Å². The second-order valence-electron chi connectivity index (χ2n) is 4.58. The summed E-state index contributed by atoms with van der Waals surface area (Å²) in [7, 11) is 5.90. The van der Waals surface area contributed by atoms with Gasteiger partial charge in [0.1, 0.15) is 0 Å². The van der Waals surface area contributed by atoms with Gasteiger partial charge in [-0.3, -0.25) is 10.1 Å². The lowest BCUT2D eigenvalue weighted by atomic mass is 10.2. The van der Waals surface area contributed by atoms with Crippen molar-refractivity contribution in [3.8, 4) is 0 Å². The summed E-state index contributed by atoms with van der Waals surface area (Å²) in [5.74, 6) is -0.779. The molecule has 0 N–H and O–H groups in total. The molecule has 0 heterocycles. The van der Waals surface area contributed by atoms with Crippen molar-refractivity contribution in [2.45, 2.75) is 6.54 Å². The van der Waals surface area contributed by atoms with Crippen molar-refractivity contribution >= 4 is 5.69 Å². The zero-order valence-electron chi connectivity index (χ0n) is 10.9. The summed E-state index contributed by atoms with van der Waals surface area (Å²) in [5.41, 5.74) is 0.258. The van der Waals surface area contributed by atoms with Gasteiger partial charge in [-0.05, 0) is 32.8 Å². The van der Waals surface area contributed by atoms with Gasteiger partial charge in [-0.2, -0.15) is 4.39 Å². The van der Waals surface area contributed by atoms with Crippen LogP contribution in [0.15, 0.2) is 18.2 Å². The van der Waals surface area contributed by atoms with E-state index in [4.69, 9.17) is 0 Å². The molecule has 0 bridgehead atoms. The van der Waals surface area contributed by atoms with Crippen molar-refractivity contribution in [1.29, 1.82) is 0 Å². The van der Waals surface area contributed by atoms with E-state index in [9.17, 15) is 14.5 Å². The lowest BCUT2D eigenvalue weighted by Gasteiger charge is -2.19. The number of likely N-dealkylation sites (N-methyl/N-ethyl adjacent to an activating group) is 2. The topological polar surface area (TPSA) is 49.6 Å². The highest BCUT2D eigenvalue weighted by Crippen LogP contribution is 2.18. The van der Waals surface area contributed by atoms with Crippen LogP contribution in [0, 0.1) is 15.9 Å². The second kappa shape index (κ2) is 6.42. The third kappa shape index (κ3) is 4.38. The van der Waals surface area contributed by atoms with Gasteiger partial charge < -0.3 is 9.80 Å². The van der Waals surface area contributed by atoms with Crippen LogP contribution in [0.4, 0.5) is 10.1 Å². The van der Waals surface area contributed by atoms with E-state index in [-0.39, 0.29) is 0 Å². The van der Waals surface area contributed by atoms with Crippen LogP contribution in [0.1, 0.15) is 5.56 Å². The molecular weight excluding hydrogens is 237 g/mol. The Morgan fingerprint density at radius 2 is 1.94 bits per heavy atom. The third-order valence-electron chi connectivity index (χ3n) is 2.59. The summed E-state index contributed by atoms with van der Waals surface area (Å²) in [4.78, 5) is 13.9. The van der Waals surface area contributed by atoms with E-state index in [1.165, 1.54) is 12.1 Å². The molecule has 1 rings (SSSR count). The maximum Gasteiger partial charge on any atom is 0.304 e. The zero-order valence-corrected chi connectivity index (χ0v) is 10.9. The molecule has 0 saturated carbocycles. The molecule has 0 unspecified atom stereocenters. The van der Waals surface area contributed by atoms with E-state index in [1.54, 1.807) is 6.07 Å². The number of hydrogen-bond acceptors (Lipinski definition) is 4. The number of nitro groups is 1. The lowest BCUT2D eigenvalue weighted by Crippen LogP contribution is -2.28. The van der Waals surface area contributed by atoms with Crippen molar-refractivity contribution in [1.82, 2.24) is 9.80 Å². The molecular formula is C12H18FN3O2. The molecule has 100 valence electrons. The Bertz CT molecular complexity index is 424. The summed E-state index contributed by atoms with van der Waals surface area (Å²) < 4.78 is 13.4. The highest BCUT2D eigenvalue weighted by Gasteiger charge is 2.14. The number of nitrogens with zero attached hydrogens (tertiary/aromatic N) is 3. The number of rotatable bonds is 6. The molecule has 0 aliphatic rings. The van der Waals surface area contributed by atoms with E-state index in [1.807, 2.05) is 26.0 Å². The first-order chi connectivity index (χ1) is 8.40. The fourth-order valence-electron chi connectivity index (χ4n) is 1.56. The summed E-state index contributed by atoms with van der Waals surface area (Å²) in [6.07, 6.45) is 0. The van der Waals surface area contributed by atoms with Crippen LogP contribution in [0.3, 0.4) is 0 Å². The van der Waals surface area contributed by atoms with Crippen molar-refractivity contribution in [3.05, 3.63) is 39.7 Å². The van der Waals surface area contributed by atoms with Gasteiger partial charge in [0.15, 0.2) is 0 Å². The van der Waals surface area contributed by atoms with Crippen molar-refractivity contribution in [2.24, 2.45) is 0 Å². The van der Waals surface area contributed by atoms with Gasteiger partial charge in [-0.15, -0.1) is 0 Å². The average Bonchev–Trinajstić information content (AvgIpc) is 2.26. The van der Waals surface area contributed by atoms with Crippen LogP contribution < -0.4 is 0 Å². The Morgan fingerprint density at radius 3 is 2.44 bits per heavy atom. The van der Waals surface area contributed by atoms with Gasteiger partial charge in [-0.25, -0.2) is 0 Å². The zero-order chi connectivity index (χ0) is 13.7. The first-order valence-corrected chi connectivity index (χ1v) is 5.66. The van der Waals surface area contributed by atoms with Gasteiger partial charge in [0, 0.05) is 25.7 Å². The predicted molar refractivity (Wildman–Crippen MR) is 67.9 cm³/mol. The van der Waals surface area contributed by atoms with E-state index >= 15 is 0 Å². The minimum Gasteiger partial charge on any atom is -0.308 e. The quantitative estimate of drug-likeness (QED) is 0.573. The number of halogens is 1. The molecule has 0 saturated heterocycles. The van der Waals surface area contributed by atoms with Crippen LogP contribution in [0.5, 0.6) is 0 Å². The second-order valence-corrected chi connectivity index (χ2v) is 4.58. The molecule has 0 amide bonds. The van der Waals surface area contributed by atoms with Crippen LogP contribution in [-0.2, 0) is 6.54 Å². The maximum absolute atomic E-state index is 13.4. The fraction of sp³-hybridized carbons (Fsp3) is 0.500. The Morgan fingerprint density at radius 1 is 1.28 bits per heavy atom. The van der Waals surface area contributed by atoms with Crippen molar-refractivity contribution < 1.29 is 9.31 Å². The molecule has 5 nitrogen and oxygen atoms in total. The first-order valence-electron chi connectivity index (χ1n) is 5.66. The van der Waals surface area contributed by atoms with Gasteiger partial charge in [0.2, 0.25) is 5.82 Å². The van der Waals surface area contributed by atoms with E-state index < -0.39 is 16.4 Å². The van der Waals surface area contributed by atoms with Gasteiger partial charge >= 0.3 is 5.69 Å². The van der Waals surface area contributed by atoms with Crippen LogP contribution in [0.25, 0.3) is 0 Å². The van der Waals surface area contributed by atoms with Gasteiger partial charge in [0.05, 0.1) is 4.92 Å². The Kier molecular flexibility index (Phi) is 5.18. The molecule has 0 aliphatic carbocycles. The first kappa shape index (κ1) is 14.5. The number of benzene rings is 1. The molecule has 1 aromatic rings. The molecule has 0 aromatic heterocycles. The van der Waals surface area contributed by atoms with Crippen molar-refractivity contribution in [3.63, 3.8) is 0 Å². The molecule has 0 fully saturated rings. The highest BCUT2D eigenvalue weighted by molar-refractivity contribution is 5.34. The summed E-state index contributed by atoms with van der Waals surface area (Å²) >= 11 is 0. The SMILES string of the molecule is CN(C)CCN(C)Cc1ccc([N+](=O)[O-])c(F)c1. The Labute approximate surface area is 106 Å².